The summed E-state index contributed by atoms with van der Waals surface area (Å²) in [5.41, 5.74) is 2.03. The first-order valence-electron chi connectivity index (χ1n) is 5.04. The molecule has 4 heteroatoms. The van der Waals surface area contributed by atoms with E-state index in [1.165, 1.54) is 5.56 Å². The van der Waals surface area contributed by atoms with Crippen molar-refractivity contribution in [2.45, 2.75) is 13.2 Å². The van der Waals surface area contributed by atoms with Gasteiger partial charge in [-0.1, -0.05) is 41.9 Å². The minimum Gasteiger partial charge on any atom is -0.378 e. The molecule has 1 aromatic heterocycles. The van der Waals surface area contributed by atoms with Crippen molar-refractivity contribution in [3.05, 3.63) is 52.8 Å². The Morgan fingerprint density at radius 1 is 1.31 bits per heavy atom. The van der Waals surface area contributed by atoms with Gasteiger partial charge in [-0.25, -0.2) is 4.68 Å². The predicted molar refractivity (Wildman–Crippen MR) is 63.5 cm³/mol. The lowest BCUT2D eigenvalue weighted by Gasteiger charge is -2.02. The van der Waals surface area contributed by atoms with E-state index >= 15 is 0 Å². The molecule has 0 saturated carbocycles. The first kappa shape index (κ1) is 11.2. The van der Waals surface area contributed by atoms with Gasteiger partial charge in [-0.2, -0.15) is 5.10 Å². The minimum atomic E-state index is 0.488. The number of nitrogens with zero attached hydrogens (tertiary/aromatic N) is 2. The van der Waals surface area contributed by atoms with Crippen LogP contribution in [0.15, 0.2) is 36.4 Å². The quantitative estimate of drug-likeness (QED) is 0.816. The summed E-state index contributed by atoms with van der Waals surface area (Å²) in [7, 11) is 1.64. The number of rotatable bonds is 4. The van der Waals surface area contributed by atoms with Gasteiger partial charge in [0.2, 0.25) is 0 Å². The maximum atomic E-state index is 6.08. The fourth-order valence-corrected chi connectivity index (χ4v) is 1.75. The highest BCUT2D eigenvalue weighted by molar-refractivity contribution is 6.29. The smallest absolute Gasteiger partial charge is 0.127 e. The number of halogens is 1. The molecule has 0 saturated heterocycles. The maximum Gasteiger partial charge on any atom is 0.127 e. The Morgan fingerprint density at radius 2 is 2.06 bits per heavy atom. The zero-order valence-electron chi connectivity index (χ0n) is 9.06. The summed E-state index contributed by atoms with van der Waals surface area (Å²) < 4.78 is 6.78. The van der Waals surface area contributed by atoms with Crippen LogP contribution in [0.25, 0.3) is 0 Å². The molecule has 1 heterocycles. The Balaban J connectivity index is 2.15. The molecule has 0 amide bonds. The molecule has 0 aliphatic rings. The van der Waals surface area contributed by atoms with Crippen molar-refractivity contribution >= 4 is 11.6 Å². The van der Waals surface area contributed by atoms with E-state index in [9.17, 15) is 0 Å². The van der Waals surface area contributed by atoms with E-state index in [0.29, 0.717) is 18.3 Å². The molecule has 84 valence electrons. The number of aromatic nitrogens is 2. The van der Waals surface area contributed by atoms with Crippen LogP contribution in [-0.2, 0) is 17.9 Å². The third kappa shape index (κ3) is 2.62. The van der Waals surface area contributed by atoms with Crippen LogP contribution in [0.2, 0.25) is 5.15 Å². The second-order valence-corrected chi connectivity index (χ2v) is 3.92. The van der Waals surface area contributed by atoms with Crippen molar-refractivity contribution in [3.63, 3.8) is 0 Å². The Hall–Kier alpha value is -1.32. The lowest BCUT2D eigenvalue weighted by Crippen LogP contribution is -2.02. The van der Waals surface area contributed by atoms with Crippen LogP contribution in [0.4, 0.5) is 0 Å². The highest BCUT2D eigenvalue weighted by Crippen LogP contribution is 2.13. The summed E-state index contributed by atoms with van der Waals surface area (Å²) in [4.78, 5) is 0. The molecule has 0 aliphatic heterocycles. The van der Waals surface area contributed by atoms with Crippen molar-refractivity contribution in [1.29, 1.82) is 0 Å². The first-order valence-corrected chi connectivity index (χ1v) is 5.42. The van der Waals surface area contributed by atoms with Crippen molar-refractivity contribution in [2.24, 2.45) is 0 Å². The molecule has 0 atom stereocenters. The molecule has 0 aliphatic carbocycles. The largest absolute Gasteiger partial charge is 0.378 e. The lowest BCUT2D eigenvalue weighted by atomic mass is 10.2. The average Bonchev–Trinajstić information content (AvgIpc) is 2.61. The van der Waals surface area contributed by atoms with E-state index < -0.39 is 0 Å². The third-order valence-corrected chi connectivity index (χ3v) is 2.55. The van der Waals surface area contributed by atoms with Crippen molar-refractivity contribution in [3.8, 4) is 0 Å². The zero-order valence-corrected chi connectivity index (χ0v) is 9.81. The van der Waals surface area contributed by atoms with Crippen LogP contribution in [0.5, 0.6) is 0 Å². The summed E-state index contributed by atoms with van der Waals surface area (Å²) in [6.45, 7) is 1.17. The van der Waals surface area contributed by atoms with E-state index in [1.807, 2.05) is 36.4 Å². The van der Waals surface area contributed by atoms with Crippen molar-refractivity contribution in [1.82, 2.24) is 9.78 Å². The molecule has 0 unspecified atom stereocenters. The minimum absolute atomic E-state index is 0.488. The SMILES string of the molecule is COCc1cc(Cl)n(Cc2ccccc2)n1. The Kier molecular flexibility index (Phi) is 3.59. The molecule has 0 radical (unpaired) electrons. The predicted octanol–water partition coefficient (Wildman–Crippen LogP) is 2.73. The zero-order chi connectivity index (χ0) is 11.4. The normalized spacial score (nSPS) is 10.6. The van der Waals surface area contributed by atoms with Gasteiger partial charge in [-0.3, -0.25) is 0 Å². The third-order valence-electron chi connectivity index (χ3n) is 2.25. The van der Waals surface area contributed by atoms with Gasteiger partial charge in [0.15, 0.2) is 0 Å². The summed E-state index contributed by atoms with van der Waals surface area (Å²) in [5, 5.41) is 4.99. The molecule has 0 N–H and O–H groups in total. The summed E-state index contributed by atoms with van der Waals surface area (Å²) in [6, 6.07) is 11.9. The van der Waals surface area contributed by atoms with Crippen LogP contribution < -0.4 is 0 Å². The van der Waals surface area contributed by atoms with E-state index in [1.54, 1.807) is 11.8 Å². The van der Waals surface area contributed by atoms with Crippen LogP contribution in [0.3, 0.4) is 0 Å². The standard InChI is InChI=1S/C12H13ClN2O/c1-16-9-11-7-12(13)15(14-11)8-10-5-3-2-4-6-10/h2-7H,8-9H2,1H3. The number of methoxy groups -OCH3 is 1. The van der Waals surface area contributed by atoms with Gasteiger partial charge in [0.05, 0.1) is 18.8 Å². The second-order valence-electron chi connectivity index (χ2n) is 3.53. The van der Waals surface area contributed by atoms with Crippen molar-refractivity contribution in [2.75, 3.05) is 7.11 Å². The summed E-state index contributed by atoms with van der Waals surface area (Å²) >= 11 is 6.08. The van der Waals surface area contributed by atoms with Crippen LogP contribution in [0, 0.1) is 0 Å². The summed E-state index contributed by atoms with van der Waals surface area (Å²) in [5.74, 6) is 0. The maximum absolute atomic E-state index is 6.08. The molecular weight excluding hydrogens is 224 g/mol. The molecular formula is C12H13ClN2O. The fourth-order valence-electron chi connectivity index (χ4n) is 1.53. The number of benzene rings is 1. The number of hydrogen-bond acceptors (Lipinski definition) is 2. The summed E-state index contributed by atoms with van der Waals surface area (Å²) in [6.07, 6.45) is 0. The Labute approximate surface area is 99.6 Å². The lowest BCUT2D eigenvalue weighted by molar-refractivity contribution is 0.181. The van der Waals surface area contributed by atoms with E-state index in [0.717, 1.165) is 5.69 Å². The van der Waals surface area contributed by atoms with Crippen LogP contribution >= 0.6 is 11.6 Å². The molecule has 1 aromatic carbocycles. The first-order chi connectivity index (χ1) is 7.79. The van der Waals surface area contributed by atoms with Gasteiger partial charge in [-0.05, 0) is 5.56 Å². The monoisotopic (exact) mass is 236 g/mol. The molecule has 2 rings (SSSR count). The van der Waals surface area contributed by atoms with Crippen LogP contribution in [-0.4, -0.2) is 16.9 Å². The van der Waals surface area contributed by atoms with Gasteiger partial charge >= 0.3 is 0 Å². The van der Waals surface area contributed by atoms with E-state index in [4.69, 9.17) is 16.3 Å². The van der Waals surface area contributed by atoms with E-state index in [2.05, 4.69) is 5.10 Å². The Bertz CT molecular complexity index is 453. The molecule has 2 aromatic rings. The topological polar surface area (TPSA) is 27.1 Å². The molecule has 16 heavy (non-hydrogen) atoms. The molecule has 0 bridgehead atoms. The number of hydrogen-bond donors (Lipinski definition) is 0. The highest BCUT2D eigenvalue weighted by Gasteiger charge is 2.05. The van der Waals surface area contributed by atoms with Gasteiger partial charge < -0.3 is 4.74 Å². The number of ether oxygens (including phenoxy) is 1. The molecule has 0 spiro atoms. The van der Waals surface area contributed by atoms with Gasteiger partial charge in [0.25, 0.3) is 0 Å². The highest BCUT2D eigenvalue weighted by atomic mass is 35.5. The molecule has 0 fully saturated rings. The molecule has 3 nitrogen and oxygen atoms in total. The van der Waals surface area contributed by atoms with Gasteiger partial charge in [-0.15, -0.1) is 0 Å². The Morgan fingerprint density at radius 3 is 2.75 bits per heavy atom. The average molecular weight is 237 g/mol. The van der Waals surface area contributed by atoms with Crippen molar-refractivity contribution < 1.29 is 4.74 Å². The van der Waals surface area contributed by atoms with Gasteiger partial charge in [0.1, 0.15) is 5.15 Å². The van der Waals surface area contributed by atoms with E-state index in [-0.39, 0.29) is 0 Å². The van der Waals surface area contributed by atoms with Gasteiger partial charge in [0, 0.05) is 13.2 Å². The second kappa shape index (κ2) is 5.14. The van der Waals surface area contributed by atoms with Crippen LogP contribution in [0.1, 0.15) is 11.3 Å². The fraction of sp³-hybridized carbons (Fsp3) is 0.250.